The van der Waals surface area contributed by atoms with Crippen molar-refractivity contribution < 1.29 is 14.4 Å². The van der Waals surface area contributed by atoms with Crippen LogP contribution in [0.3, 0.4) is 0 Å². The van der Waals surface area contributed by atoms with E-state index in [1.165, 1.54) is 14.1 Å². The lowest BCUT2D eigenvalue weighted by atomic mass is 9.71. The third-order valence-electron chi connectivity index (χ3n) is 4.24. The fraction of sp³-hybridized carbons (Fsp3) is 0.389. The minimum atomic E-state index is -1.44. The molecule has 0 N–H and O–H groups in total. The van der Waals surface area contributed by atoms with Crippen LogP contribution in [0.2, 0.25) is 0 Å². The smallest absolute Gasteiger partial charge is 0.273 e. The van der Waals surface area contributed by atoms with Gasteiger partial charge in [-0.1, -0.05) is 48.6 Å². The summed E-state index contributed by atoms with van der Waals surface area (Å²) < 4.78 is 0. The molecule has 0 aromatic rings. The number of hydrogen-bond acceptors (Lipinski definition) is 3. The van der Waals surface area contributed by atoms with Gasteiger partial charge in [0.1, 0.15) is 5.41 Å². The van der Waals surface area contributed by atoms with Crippen molar-refractivity contribution in [2.45, 2.75) is 26.7 Å². The molecule has 0 bridgehead atoms. The summed E-state index contributed by atoms with van der Waals surface area (Å²) >= 11 is 0. The summed E-state index contributed by atoms with van der Waals surface area (Å²) in [5.74, 6) is -1.09. The second-order valence-electron chi connectivity index (χ2n) is 6.21. The number of amides is 4. The Morgan fingerprint density at radius 1 is 0.826 bits per heavy atom. The first-order valence-electron chi connectivity index (χ1n) is 7.23. The molecule has 1 aliphatic rings. The Kier molecular flexibility index (Phi) is 5.15. The molecule has 0 spiro atoms. The molecule has 1 saturated heterocycles. The molecule has 0 aromatic heterocycles. The average molecular weight is 316 g/mol. The van der Waals surface area contributed by atoms with Crippen molar-refractivity contribution in [1.82, 2.24) is 9.80 Å². The zero-order valence-corrected chi connectivity index (χ0v) is 14.4. The second-order valence-corrected chi connectivity index (χ2v) is 6.21. The van der Waals surface area contributed by atoms with E-state index in [1.807, 2.05) is 0 Å². The monoisotopic (exact) mass is 316 g/mol. The predicted octanol–water partition coefficient (Wildman–Crippen LogP) is 3.07. The molecule has 0 aliphatic carbocycles. The molecule has 1 aliphatic heterocycles. The molecule has 0 saturated carbocycles. The Bertz CT molecular complexity index is 589. The van der Waals surface area contributed by atoms with Crippen LogP contribution in [0.15, 0.2) is 48.6 Å². The highest BCUT2D eigenvalue weighted by Crippen LogP contribution is 2.41. The summed E-state index contributed by atoms with van der Waals surface area (Å²) in [6, 6.07) is -0.641. The van der Waals surface area contributed by atoms with Gasteiger partial charge in [-0.15, -0.1) is 0 Å². The molecular weight excluding hydrogens is 292 g/mol. The number of nitrogens with zero attached hydrogens (tertiary/aromatic N) is 2. The van der Waals surface area contributed by atoms with Crippen molar-refractivity contribution in [3.63, 3.8) is 0 Å². The molecule has 0 atom stereocenters. The molecule has 0 unspecified atom stereocenters. The molecule has 0 radical (unpaired) electrons. The van der Waals surface area contributed by atoms with Gasteiger partial charge < -0.3 is 0 Å². The normalized spacial score (nSPS) is 17.3. The summed E-state index contributed by atoms with van der Waals surface area (Å²) in [4.78, 5) is 39.6. The van der Waals surface area contributed by atoms with Crippen LogP contribution in [-0.2, 0) is 9.59 Å². The van der Waals surface area contributed by atoms with E-state index in [-0.39, 0.29) is 12.8 Å². The molecule has 0 aromatic carbocycles. The first kappa shape index (κ1) is 18.6. The molecule has 5 nitrogen and oxygen atoms in total. The number of hydrogen-bond donors (Lipinski definition) is 0. The number of carbonyl (C=O) groups is 3. The Morgan fingerprint density at radius 3 is 1.39 bits per heavy atom. The maximum absolute atomic E-state index is 12.8. The molecule has 5 heteroatoms. The summed E-state index contributed by atoms with van der Waals surface area (Å²) in [5.41, 5.74) is 1.12. The number of rotatable bonds is 6. The van der Waals surface area contributed by atoms with Crippen molar-refractivity contribution in [2.75, 3.05) is 14.1 Å². The van der Waals surface area contributed by atoms with Gasteiger partial charge in [-0.3, -0.25) is 19.4 Å². The predicted molar refractivity (Wildman–Crippen MR) is 90.5 cm³/mol. The fourth-order valence-electron chi connectivity index (χ4n) is 2.53. The maximum Gasteiger partial charge on any atom is 0.332 e. The van der Waals surface area contributed by atoms with Gasteiger partial charge in [0.25, 0.3) is 0 Å². The van der Waals surface area contributed by atoms with Gasteiger partial charge in [-0.05, 0) is 26.7 Å². The van der Waals surface area contributed by atoms with Crippen LogP contribution in [0, 0.1) is 5.41 Å². The maximum atomic E-state index is 12.8. The van der Waals surface area contributed by atoms with E-state index in [0.717, 1.165) is 9.80 Å². The second kappa shape index (κ2) is 6.36. The van der Waals surface area contributed by atoms with Crippen molar-refractivity contribution in [3.05, 3.63) is 48.6 Å². The Labute approximate surface area is 137 Å². The van der Waals surface area contributed by atoms with Crippen LogP contribution in [0.1, 0.15) is 26.7 Å². The largest absolute Gasteiger partial charge is 0.332 e. The molecule has 4 amide bonds. The number of carbonyl (C=O) groups excluding carboxylic acids is 3. The lowest BCUT2D eigenvalue weighted by Crippen LogP contribution is -2.63. The fourth-order valence-corrected chi connectivity index (χ4v) is 2.53. The van der Waals surface area contributed by atoms with Gasteiger partial charge in [0.2, 0.25) is 11.8 Å². The quantitative estimate of drug-likeness (QED) is 0.559. The van der Waals surface area contributed by atoms with Crippen LogP contribution in [0.5, 0.6) is 0 Å². The van der Waals surface area contributed by atoms with Gasteiger partial charge in [-0.25, -0.2) is 4.79 Å². The number of urea groups is 1. The van der Waals surface area contributed by atoms with Crippen LogP contribution < -0.4 is 0 Å². The van der Waals surface area contributed by atoms with E-state index in [1.54, 1.807) is 13.8 Å². The highest BCUT2D eigenvalue weighted by molar-refractivity contribution is 6.19. The van der Waals surface area contributed by atoms with Crippen LogP contribution in [0.4, 0.5) is 4.79 Å². The van der Waals surface area contributed by atoms with E-state index < -0.39 is 23.3 Å². The van der Waals surface area contributed by atoms with Crippen molar-refractivity contribution >= 4 is 17.8 Å². The summed E-state index contributed by atoms with van der Waals surface area (Å²) in [7, 11) is 2.74. The zero-order chi connectivity index (χ0) is 18.1. The van der Waals surface area contributed by atoms with Gasteiger partial charge in [0.15, 0.2) is 0 Å². The van der Waals surface area contributed by atoms with Crippen LogP contribution >= 0.6 is 0 Å². The lowest BCUT2D eigenvalue weighted by Gasteiger charge is -2.42. The SMILES string of the molecule is C=C(C)C(=C)CC1(CC(=C)C(=C)C)C(=O)N(C)C(=O)N(C)C1=O. The van der Waals surface area contributed by atoms with Crippen molar-refractivity contribution in [3.8, 4) is 0 Å². The van der Waals surface area contributed by atoms with Gasteiger partial charge in [-0.2, -0.15) is 0 Å². The minimum absolute atomic E-state index is 0.0915. The van der Waals surface area contributed by atoms with Gasteiger partial charge in [0.05, 0.1) is 0 Å². The molecule has 124 valence electrons. The van der Waals surface area contributed by atoms with Crippen molar-refractivity contribution in [1.29, 1.82) is 0 Å². The number of allylic oxidation sites excluding steroid dienone is 4. The van der Waals surface area contributed by atoms with Crippen LogP contribution in [-0.4, -0.2) is 41.7 Å². The number of imide groups is 2. The summed E-state index contributed by atoms with van der Waals surface area (Å²) in [5, 5.41) is 0. The third kappa shape index (κ3) is 3.18. The summed E-state index contributed by atoms with van der Waals surface area (Å²) in [6.45, 7) is 19.0. The van der Waals surface area contributed by atoms with Gasteiger partial charge >= 0.3 is 6.03 Å². The Morgan fingerprint density at radius 2 is 1.13 bits per heavy atom. The molecule has 1 heterocycles. The molecule has 1 fully saturated rings. The standard InChI is InChI=1S/C18H24N2O3/c1-11(2)13(5)9-18(10-14(6)12(3)4)15(21)19(7)17(23)20(8)16(18)22/h1,3,5-6,9-10H2,2,4,7-8H3. The molecule has 1 rings (SSSR count). The highest BCUT2D eigenvalue weighted by atomic mass is 16.2. The summed E-state index contributed by atoms with van der Waals surface area (Å²) in [6.07, 6.45) is 0.183. The molecule has 23 heavy (non-hydrogen) atoms. The van der Waals surface area contributed by atoms with E-state index in [0.29, 0.717) is 22.3 Å². The molecular formula is C18H24N2O3. The lowest BCUT2D eigenvalue weighted by molar-refractivity contribution is -0.156. The van der Waals surface area contributed by atoms with Gasteiger partial charge in [0, 0.05) is 14.1 Å². The first-order valence-corrected chi connectivity index (χ1v) is 7.23. The Balaban J connectivity index is 3.45. The van der Waals surface area contributed by atoms with E-state index >= 15 is 0 Å². The van der Waals surface area contributed by atoms with E-state index in [9.17, 15) is 14.4 Å². The zero-order valence-electron chi connectivity index (χ0n) is 14.4. The van der Waals surface area contributed by atoms with E-state index in [4.69, 9.17) is 0 Å². The highest BCUT2D eigenvalue weighted by Gasteiger charge is 2.55. The first-order chi connectivity index (χ1) is 10.5. The van der Waals surface area contributed by atoms with Crippen LogP contribution in [0.25, 0.3) is 0 Å². The number of barbiturate groups is 1. The minimum Gasteiger partial charge on any atom is -0.273 e. The third-order valence-corrected chi connectivity index (χ3v) is 4.24. The van der Waals surface area contributed by atoms with Crippen molar-refractivity contribution in [2.24, 2.45) is 5.41 Å². The average Bonchev–Trinajstić information content (AvgIpc) is 2.48. The van der Waals surface area contributed by atoms with E-state index in [2.05, 4.69) is 26.3 Å². The Hall–Kier alpha value is -2.43. The topological polar surface area (TPSA) is 57.7 Å².